The van der Waals surface area contributed by atoms with Crippen molar-refractivity contribution >= 4 is 0 Å². The van der Waals surface area contributed by atoms with Crippen LogP contribution in [0.15, 0.2) is 60.7 Å². The lowest BCUT2D eigenvalue weighted by Gasteiger charge is -2.10. The van der Waals surface area contributed by atoms with Gasteiger partial charge in [-0.25, -0.2) is 8.78 Å². The monoisotopic (exact) mass is 432 g/mol. The van der Waals surface area contributed by atoms with Crippen molar-refractivity contribution in [3.05, 3.63) is 72.3 Å². The van der Waals surface area contributed by atoms with Gasteiger partial charge in [-0.3, -0.25) is 0 Å². The smallest absolute Gasteiger partial charge is 0.387 e. The molecule has 0 bridgehead atoms. The second kappa shape index (κ2) is 10.8. The maximum absolute atomic E-state index is 14.7. The zero-order valence-electron chi connectivity index (χ0n) is 17.2. The van der Waals surface area contributed by atoms with Crippen LogP contribution in [0.5, 0.6) is 11.5 Å². The number of ether oxygens (including phenoxy) is 2. The molecule has 0 saturated heterocycles. The summed E-state index contributed by atoms with van der Waals surface area (Å²) in [6, 6.07) is 15.4. The third-order valence-corrected chi connectivity index (χ3v) is 4.88. The first-order chi connectivity index (χ1) is 15.0. The van der Waals surface area contributed by atoms with Gasteiger partial charge in [0.05, 0.1) is 6.61 Å². The summed E-state index contributed by atoms with van der Waals surface area (Å²) >= 11 is 0. The summed E-state index contributed by atoms with van der Waals surface area (Å²) in [5.41, 5.74) is 1.87. The molecule has 2 nitrogen and oxygen atoms in total. The number of rotatable bonds is 10. The number of benzene rings is 3. The lowest BCUT2D eigenvalue weighted by molar-refractivity contribution is -0.0521. The van der Waals surface area contributed by atoms with Crippen LogP contribution >= 0.6 is 0 Å². The molecule has 0 unspecified atom stereocenters. The van der Waals surface area contributed by atoms with Gasteiger partial charge < -0.3 is 9.47 Å². The molecule has 0 fully saturated rings. The van der Waals surface area contributed by atoms with E-state index in [1.54, 1.807) is 6.07 Å². The molecule has 3 aromatic carbocycles. The molecule has 0 saturated carbocycles. The van der Waals surface area contributed by atoms with Gasteiger partial charge in [0, 0.05) is 5.56 Å². The Balaban J connectivity index is 1.70. The highest BCUT2D eigenvalue weighted by Gasteiger charge is 2.13. The molecule has 0 radical (unpaired) electrons. The van der Waals surface area contributed by atoms with Gasteiger partial charge in [0.15, 0.2) is 11.6 Å². The maximum atomic E-state index is 14.7. The molecule has 0 spiro atoms. The van der Waals surface area contributed by atoms with E-state index in [2.05, 4.69) is 11.7 Å². The molecule has 3 aromatic rings. The highest BCUT2D eigenvalue weighted by atomic mass is 19.3. The fraction of sp³-hybridized carbons (Fsp3) is 0.280. The standard InChI is InChI=1S/C25H24F4O2/c1-2-3-4-5-14-30-20-10-6-17(7-11-20)18-8-12-21(22(26)15-18)19-9-13-24(23(27)16-19)31-25(28)29/h6-13,15-16,25H,2-5,14H2,1H3. The minimum absolute atomic E-state index is 0.165. The zero-order chi connectivity index (χ0) is 22.2. The summed E-state index contributed by atoms with van der Waals surface area (Å²) in [5.74, 6) is -1.34. The molecular weight excluding hydrogens is 408 g/mol. The van der Waals surface area contributed by atoms with Crippen LogP contribution in [0.4, 0.5) is 17.6 Å². The summed E-state index contributed by atoms with van der Waals surface area (Å²) in [6.45, 7) is -0.302. The SMILES string of the molecule is CCCCCCOc1ccc(-c2ccc(-c3ccc(OC(F)F)c(F)c3)c(F)c2)cc1. The van der Waals surface area contributed by atoms with E-state index >= 15 is 0 Å². The van der Waals surface area contributed by atoms with Gasteiger partial charge in [0.25, 0.3) is 0 Å². The van der Waals surface area contributed by atoms with E-state index in [9.17, 15) is 17.6 Å². The predicted molar refractivity (Wildman–Crippen MR) is 113 cm³/mol. The van der Waals surface area contributed by atoms with E-state index in [4.69, 9.17) is 4.74 Å². The molecule has 0 atom stereocenters. The Morgan fingerprint density at radius 2 is 1.42 bits per heavy atom. The van der Waals surface area contributed by atoms with Gasteiger partial charge in [-0.15, -0.1) is 0 Å². The second-order valence-corrected chi connectivity index (χ2v) is 7.15. The van der Waals surface area contributed by atoms with E-state index in [-0.39, 0.29) is 11.1 Å². The van der Waals surface area contributed by atoms with Crippen molar-refractivity contribution in [2.75, 3.05) is 6.61 Å². The summed E-state index contributed by atoms with van der Waals surface area (Å²) in [6.07, 6.45) is 4.53. The van der Waals surface area contributed by atoms with Crippen LogP contribution in [0.3, 0.4) is 0 Å². The lowest BCUT2D eigenvalue weighted by atomic mass is 9.99. The van der Waals surface area contributed by atoms with Crippen molar-refractivity contribution < 1.29 is 27.0 Å². The minimum Gasteiger partial charge on any atom is -0.494 e. The van der Waals surface area contributed by atoms with Gasteiger partial charge in [-0.1, -0.05) is 56.5 Å². The Morgan fingerprint density at radius 3 is 2.06 bits per heavy atom. The van der Waals surface area contributed by atoms with Crippen molar-refractivity contribution in [2.24, 2.45) is 0 Å². The number of hydrogen-bond donors (Lipinski definition) is 0. The van der Waals surface area contributed by atoms with Gasteiger partial charge >= 0.3 is 6.61 Å². The van der Waals surface area contributed by atoms with Crippen LogP contribution in [0.1, 0.15) is 32.6 Å². The van der Waals surface area contributed by atoms with Crippen LogP contribution in [0, 0.1) is 11.6 Å². The van der Waals surface area contributed by atoms with Crippen LogP contribution in [0.25, 0.3) is 22.3 Å². The lowest BCUT2D eigenvalue weighted by Crippen LogP contribution is -2.03. The molecule has 0 N–H and O–H groups in total. The molecule has 0 aliphatic carbocycles. The van der Waals surface area contributed by atoms with Crippen LogP contribution in [0.2, 0.25) is 0 Å². The van der Waals surface area contributed by atoms with Crippen molar-refractivity contribution in [3.63, 3.8) is 0 Å². The van der Waals surface area contributed by atoms with E-state index < -0.39 is 24.0 Å². The van der Waals surface area contributed by atoms with Crippen LogP contribution in [-0.2, 0) is 0 Å². The highest BCUT2D eigenvalue weighted by molar-refractivity contribution is 5.71. The maximum Gasteiger partial charge on any atom is 0.387 e. The molecule has 0 aromatic heterocycles. The van der Waals surface area contributed by atoms with E-state index in [0.717, 1.165) is 36.3 Å². The Labute approximate surface area is 179 Å². The summed E-state index contributed by atoms with van der Waals surface area (Å²) in [4.78, 5) is 0. The Kier molecular flexibility index (Phi) is 7.93. The summed E-state index contributed by atoms with van der Waals surface area (Å²) < 4.78 is 63.0. The summed E-state index contributed by atoms with van der Waals surface area (Å²) in [5, 5.41) is 0. The predicted octanol–water partition coefficient (Wildman–Crippen LogP) is 7.86. The second-order valence-electron chi connectivity index (χ2n) is 7.15. The number of alkyl halides is 2. The molecule has 0 aliphatic heterocycles. The quantitative estimate of drug-likeness (QED) is 0.240. The normalized spacial score (nSPS) is 11.0. The van der Waals surface area contributed by atoms with E-state index in [1.807, 2.05) is 24.3 Å². The number of halogens is 4. The number of unbranched alkanes of at least 4 members (excludes halogenated alkanes) is 3. The van der Waals surface area contributed by atoms with Gasteiger partial charge in [0.2, 0.25) is 0 Å². The van der Waals surface area contributed by atoms with Gasteiger partial charge in [0.1, 0.15) is 11.6 Å². The third kappa shape index (κ3) is 6.23. The van der Waals surface area contributed by atoms with Crippen molar-refractivity contribution in [2.45, 2.75) is 39.2 Å². The molecule has 0 amide bonds. The molecule has 164 valence electrons. The average molecular weight is 432 g/mol. The first-order valence-corrected chi connectivity index (χ1v) is 10.3. The minimum atomic E-state index is -3.13. The van der Waals surface area contributed by atoms with Gasteiger partial charge in [-0.2, -0.15) is 8.78 Å². The highest BCUT2D eigenvalue weighted by Crippen LogP contribution is 2.31. The Morgan fingerprint density at radius 1 is 0.742 bits per heavy atom. The van der Waals surface area contributed by atoms with Crippen LogP contribution < -0.4 is 9.47 Å². The fourth-order valence-corrected chi connectivity index (χ4v) is 3.25. The topological polar surface area (TPSA) is 18.5 Å². The first kappa shape index (κ1) is 22.7. The fourth-order valence-electron chi connectivity index (χ4n) is 3.25. The first-order valence-electron chi connectivity index (χ1n) is 10.3. The van der Waals surface area contributed by atoms with E-state index in [1.165, 1.54) is 31.0 Å². The molecule has 0 aliphatic rings. The van der Waals surface area contributed by atoms with Crippen LogP contribution in [-0.4, -0.2) is 13.2 Å². The molecule has 31 heavy (non-hydrogen) atoms. The van der Waals surface area contributed by atoms with Gasteiger partial charge in [-0.05, 0) is 53.4 Å². The Bertz CT molecular complexity index is 987. The largest absolute Gasteiger partial charge is 0.494 e. The summed E-state index contributed by atoms with van der Waals surface area (Å²) in [7, 11) is 0. The average Bonchev–Trinajstić information content (AvgIpc) is 2.75. The molecule has 0 heterocycles. The zero-order valence-corrected chi connectivity index (χ0v) is 17.2. The third-order valence-electron chi connectivity index (χ3n) is 4.88. The number of hydrogen-bond acceptors (Lipinski definition) is 2. The molecule has 3 rings (SSSR count). The van der Waals surface area contributed by atoms with E-state index in [0.29, 0.717) is 12.2 Å². The Hall–Kier alpha value is -3.02. The van der Waals surface area contributed by atoms with Crippen molar-refractivity contribution in [1.82, 2.24) is 0 Å². The molecular formula is C25H24F4O2. The van der Waals surface area contributed by atoms with Crippen molar-refractivity contribution in [1.29, 1.82) is 0 Å². The van der Waals surface area contributed by atoms with Crippen molar-refractivity contribution in [3.8, 4) is 33.8 Å². The molecule has 6 heteroatoms.